The van der Waals surface area contributed by atoms with E-state index in [4.69, 9.17) is 0 Å². The van der Waals surface area contributed by atoms with Crippen molar-refractivity contribution in [2.24, 2.45) is 11.8 Å². The number of hydrogen-bond acceptors (Lipinski definition) is 1. The highest BCUT2D eigenvalue weighted by Crippen LogP contribution is 2.26. The molecule has 0 amide bonds. The molecule has 2 unspecified atom stereocenters. The van der Waals surface area contributed by atoms with Gasteiger partial charge in [-0.05, 0) is 44.1 Å². The summed E-state index contributed by atoms with van der Waals surface area (Å²) in [6.45, 7) is 8.25. The van der Waals surface area contributed by atoms with E-state index in [0.29, 0.717) is 0 Å². The molecule has 0 bridgehead atoms. The maximum Gasteiger partial charge on any atom is 0.00671 e. The van der Waals surface area contributed by atoms with Crippen molar-refractivity contribution < 1.29 is 0 Å². The fraction of sp³-hybridized carbons (Fsp3) is 1.00. The van der Waals surface area contributed by atoms with Crippen LogP contribution >= 0.6 is 0 Å². The van der Waals surface area contributed by atoms with Gasteiger partial charge in [-0.3, -0.25) is 0 Å². The summed E-state index contributed by atoms with van der Waals surface area (Å²) in [5.74, 6) is 1.91. The minimum absolute atomic E-state index is 0.826. The molecule has 0 aromatic heterocycles. The zero-order valence-electron chi connectivity index (χ0n) is 14.4. The molecule has 0 radical (unpaired) electrons. The van der Waals surface area contributed by atoms with Crippen LogP contribution in [-0.2, 0) is 0 Å². The molecular formula is C19H39N. The first kappa shape index (κ1) is 18.0. The number of rotatable bonds is 10. The van der Waals surface area contributed by atoms with Crippen molar-refractivity contribution in [3.63, 3.8) is 0 Å². The van der Waals surface area contributed by atoms with Gasteiger partial charge in [-0.1, -0.05) is 72.1 Å². The van der Waals surface area contributed by atoms with Gasteiger partial charge in [0.2, 0.25) is 0 Å². The normalized spacial score (nSPS) is 24.0. The summed E-state index contributed by atoms with van der Waals surface area (Å²) in [4.78, 5) is 0. The van der Waals surface area contributed by atoms with Crippen molar-refractivity contribution in [2.75, 3.05) is 6.54 Å². The van der Waals surface area contributed by atoms with Gasteiger partial charge in [-0.25, -0.2) is 0 Å². The second-order valence-electron chi connectivity index (χ2n) is 7.41. The second kappa shape index (κ2) is 11.6. The molecular weight excluding hydrogens is 242 g/mol. The summed E-state index contributed by atoms with van der Waals surface area (Å²) >= 11 is 0. The van der Waals surface area contributed by atoms with E-state index >= 15 is 0 Å². The Hall–Kier alpha value is -0.0400. The van der Waals surface area contributed by atoms with E-state index < -0.39 is 0 Å². The molecule has 0 aromatic rings. The van der Waals surface area contributed by atoms with E-state index in [1.165, 1.54) is 83.6 Å². The van der Waals surface area contributed by atoms with Gasteiger partial charge in [0.05, 0.1) is 0 Å². The largest absolute Gasteiger partial charge is 0.314 e. The molecule has 0 saturated heterocycles. The Balaban J connectivity index is 1.96. The monoisotopic (exact) mass is 281 g/mol. The molecule has 2 atom stereocenters. The lowest BCUT2D eigenvalue weighted by Crippen LogP contribution is -2.29. The third kappa shape index (κ3) is 9.00. The average Bonchev–Trinajstić information content (AvgIpc) is 2.63. The standard InChI is InChI=1S/C19H39N/c1-4-10-18-12-9-13-19(15-14-18)20-16-8-6-5-7-11-17(2)3/h17-20H,4-16H2,1-3H3. The van der Waals surface area contributed by atoms with Crippen molar-refractivity contribution in [1.29, 1.82) is 0 Å². The van der Waals surface area contributed by atoms with Gasteiger partial charge in [-0.2, -0.15) is 0 Å². The zero-order chi connectivity index (χ0) is 14.6. The number of nitrogens with one attached hydrogen (secondary N) is 1. The SMILES string of the molecule is CCCC1CCCC(NCCCCCCC(C)C)CC1. The second-order valence-corrected chi connectivity index (χ2v) is 7.41. The quantitative estimate of drug-likeness (QED) is 0.386. The van der Waals surface area contributed by atoms with Gasteiger partial charge in [0.25, 0.3) is 0 Å². The maximum absolute atomic E-state index is 3.82. The van der Waals surface area contributed by atoms with Crippen LogP contribution in [-0.4, -0.2) is 12.6 Å². The fourth-order valence-corrected chi connectivity index (χ4v) is 3.62. The van der Waals surface area contributed by atoms with E-state index in [2.05, 4.69) is 26.1 Å². The molecule has 20 heavy (non-hydrogen) atoms. The van der Waals surface area contributed by atoms with Gasteiger partial charge >= 0.3 is 0 Å². The molecule has 1 aliphatic rings. The van der Waals surface area contributed by atoms with Gasteiger partial charge in [0.1, 0.15) is 0 Å². The van der Waals surface area contributed by atoms with E-state index in [1.807, 2.05) is 0 Å². The van der Waals surface area contributed by atoms with Crippen molar-refractivity contribution in [3.05, 3.63) is 0 Å². The lowest BCUT2D eigenvalue weighted by Gasteiger charge is -2.16. The van der Waals surface area contributed by atoms with E-state index in [1.54, 1.807) is 0 Å². The Morgan fingerprint density at radius 2 is 1.75 bits per heavy atom. The lowest BCUT2D eigenvalue weighted by molar-refractivity contribution is 0.407. The molecule has 0 aliphatic heterocycles. The highest BCUT2D eigenvalue weighted by Gasteiger charge is 2.17. The van der Waals surface area contributed by atoms with Gasteiger partial charge in [0.15, 0.2) is 0 Å². The Bertz CT molecular complexity index is 212. The van der Waals surface area contributed by atoms with Crippen LogP contribution in [0.25, 0.3) is 0 Å². The summed E-state index contributed by atoms with van der Waals surface area (Å²) in [6.07, 6.45) is 17.2. The first-order valence-electron chi connectivity index (χ1n) is 9.45. The maximum atomic E-state index is 3.82. The van der Waals surface area contributed by atoms with Crippen LogP contribution in [0.4, 0.5) is 0 Å². The van der Waals surface area contributed by atoms with Crippen LogP contribution < -0.4 is 5.32 Å². The van der Waals surface area contributed by atoms with Crippen molar-refractivity contribution >= 4 is 0 Å². The summed E-state index contributed by atoms with van der Waals surface area (Å²) in [5.41, 5.74) is 0. The zero-order valence-corrected chi connectivity index (χ0v) is 14.4. The molecule has 1 N–H and O–H groups in total. The highest BCUT2D eigenvalue weighted by atomic mass is 14.9. The fourth-order valence-electron chi connectivity index (χ4n) is 3.62. The molecule has 1 fully saturated rings. The first-order valence-corrected chi connectivity index (χ1v) is 9.45. The van der Waals surface area contributed by atoms with Crippen LogP contribution in [0.3, 0.4) is 0 Å². The van der Waals surface area contributed by atoms with Gasteiger partial charge < -0.3 is 5.32 Å². The van der Waals surface area contributed by atoms with Crippen molar-refractivity contribution in [3.8, 4) is 0 Å². The molecule has 120 valence electrons. The summed E-state index contributed by atoms with van der Waals surface area (Å²) in [7, 11) is 0. The van der Waals surface area contributed by atoms with Crippen LogP contribution in [0, 0.1) is 11.8 Å². The third-order valence-electron chi connectivity index (χ3n) is 4.93. The Kier molecular flexibility index (Phi) is 10.4. The minimum atomic E-state index is 0.826. The Morgan fingerprint density at radius 3 is 2.50 bits per heavy atom. The van der Waals surface area contributed by atoms with Crippen LogP contribution in [0.15, 0.2) is 0 Å². The molecule has 1 rings (SSSR count). The molecule has 1 heteroatoms. The Morgan fingerprint density at radius 1 is 0.950 bits per heavy atom. The average molecular weight is 282 g/mol. The Labute approximate surface area is 128 Å². The molecule has 1 saturated carbocycles. The smallest absolute Gasteiger partial charge is 0.00671 e. The highest BCUT2D eigenvalue weighted by molar-refractivity contribution is 4.74. The minimum Gasteiger partial charge on any atom is -0.314 e. The third-order valence-corrected chi connectivity index (χ3v) is 4.93. The number of unbranched alkanes of at least 4 members (excludes halogenated alkanes) is 3. The van der Waals surface area contributed by atoms with Crippen molar-refractivity contribution in [2.45, 2.75) is 104 Å². The van der Waals surface area contributed by atoms with Crippen LogP contribution in [0.1, 0.15) is 97.8 Å². The lowest BCUT2D eigenvalue weighted by atomic mass is 9.95. The van der Waals surface area contributed by atoms with Gasteiger partial charge in [-0.15, -0.1) is 0 Å². The molecule has 0 heterocycles. The predicted molar refractivity (Wildman–Crippen MR) is 91.2 cm³/mol. The summed E-state index contributed by atoms with van der Waals surface area (Å²) in [5, 5.41) is 3.82. The van der Waals surface area contributed by atoms with Crippen LogP contribution in [0.5, 0.6) is 0 Å². The molecule has 1 nitrogen and oxygen atoms in total. The summed E-state index contributed by atoms with van der Waals surface area (Å²) < 4.78 is 0. The van der Waals surface area contributed by atoms with E-state index in [-0.39, 0.29) is 0 Å². The molecule has 0 spiro atoms. The number of hydrogen-bond donors (Lipinski definition) is 1. The molecule has 0 aromatic carbocycles. The van der Waals surface area contributed by atoms with E-state index in [9.17, 15) is 0 Å². The van der Waals surface area contributed by atoms with Crippen LogP contribution in [0.2, 0.25) is 0 Å². The topological polar surface area (TPSA) is 12.0 Å². The van der Waals surface area contributed by atoms with Crippen molar-refractivity contribution in [1.82, 2.24) is 5.32 Å². The predicted octanol–water partition coefficient (Wildman–Crippen LogP) is 5.93. The first-order chi connectivity index (χ1) is 9.72. The van der Waals surface area contributed by atoms with Gasteiger partial charge in [0, 0.05) is 6.04 Å². The van der Waals surface area contributed by atoms with E-state index in [0.717, 1.165) is 17.9 Å². The summed E-state index contributed by atoms with van der Waals surface area (Å²) in [6, 6.07) is 0.826. The molecule has 1 aliphatic carbocycles.